The van der Waals surface area contributed by atoms with Crippen LogP contribution >= 0.6 is 0 Å². The molecule has 62 heavy (non-hydrogen) atoms. The smallest absolute Gasteiger partial charge is 0.503 e. The van der Waals surface area contributed by atoms with E-state index in [4.69, 9.17) is 14.7 Å². The van der Waals surface area contributed by atoms with Gasteiger partial charge in [-0.25, -0.2) is 4.98 Å². The van der Waals surface area contributed by atoms with Crippen LogP contribution in [-0.4, -0.2) is 18.9 Å². The number of ether oxygens (including phenoxy) is 1. The van der Waals surface area contributed by atoms with Gasteiger partial charge in [0.1, 0.15) is 5.82 Å². The van der Waals surface area contributed by atoms with E-state index < -0.39 is 0 Å². The molecule has 5 nitrogen and oxygen atoms in total. The second-order valence-electron chi connectivity index (χ2n) is 17.6. The van der Waals surface area contributed by atoms with Crippen LogP contribution in [0.3, 0.4) is 0 Å². The Bertz CT molecular complexity index is 3250. The molecule has 6 heteroatoms. The zero-order valence-electron chi connectivity index (χ0n) is 36.5. The topological polar surface area (TPSA) is 44.3 Å². The van der Waals surface area contributed by atoms with Gasteiger partial charge in [0, 0.05) is 40.5 Å². The summed E-state index contributed by atoms with van der Waals surface area (Å²) in [5.41, 5.74) is 14.2. The average molecular weight is 990 g/mol. The van der Waals surface area contributed by atoms with Crippen molar-refractivity contribution in [2.24, 2.45) is 0 Å². The largest absolute Gasteiger partial charge is 2.00 e. The maximum Gasteiger partial charge on any atom is 2.00 e. The fourth-order valence-corrected chi connectivity index (χ4v) is 9.49. The normalized spacial score (nSPS) is 12.0. The molecule has 0 bridgehead atoms. The van der Waals surface area contributed by atoms with Crippen LogP contribution in [0.1, 0.15) is 101 Å². The third-order valence-corrected chi connectivity index (χ3v) is 12.4. The zero-order valence-corrected chi connectivity index (χ0v) is 38.8. The molecule has 0 amide bonds. The van der Waals surface area contributed by atoms with Gasteiger partial charge in [-0.3, -0.25) is 4.98 Å². The quantitative estimate of drug-likeness (QED) is 0.107. The van der Waals surface area contributed by atoms with Gasteiger partial charge in [-0.1, -0.05) is 151 Å². The van der Waals surface area contributed by atoms with Gasteiger partial charge < -0.3 is 13.7 Å². The van der Waals surface area contributed by atoms with Crippen molar-refractivity contribution < 1.29 is 25.8 Å². The molecular formula is C56H50N4OPt. The van der Waals surface area contributed by atoms with Crippen LogP contribution in [0, 0.1) is 12.1 Å². The van der Waals surface area contributed by atoms with Crippen LogP contribution in [0.2, 0.25) is 0 Å². The van der Waals surface area contributed by atoms with Crippen molar-refractivity contribution in [3.8, 4) is 39.7 Å². The minimum atomic E-state index is 0. The van der Waals surface area contributed by atoms with E-state index in [1.54, 1.807) is 0 Å². The maximum absolute atomic E-state index is 6.70. The molecular weight excluding hydrogens is 940 g/mol. The molecule has 0 radical (unpaired) electrons. The SMILES string of the molecule is CC(C)c1cccc(C(C)C)c1-c1ccc2c3ccc(Oc4[c-]c5c(cc4)c4ccccc4n5-c4ccccn4)[c-]c3c3ncc(-c4c(C(C)C)cccc4C(C)C)n3c2c1.[Pt+2]. The van der Waals surface area contributed by atoms with E-state index in [1.165, 1.54) is 38.9 Å². The Morgan fingerprint density at radius 2 is 1.10 bits per heavy atom. The van der Waals surface area contributed by atoms with Gasteiger partial charge in [0.15, 0.2) is 0 Å². The second kappa shape index (κ2) is 16.3. The van der Waals surface area contributed by atoms with Gasteiger partial charge in [-0.2, -0.15) is 6.07 Å². The minimum absolute atomic E-state index is 0. The number of nitrogens with zero attached hydrogens (tertiary/aromatic N) is 4. The van der Waals surface area contributed by atoms with Gasteiger partial charge in [-0.15, -0.1) is 29.7 Å². The van der Waals surface area contributed by atoms with Gasteiger partial charge in [0.25, 0.3) is 0 Å². The molecule has 4 aromatic heterocycles. The molecule has 4 heterocycles. The van der Waals surface area contributed by atoms with Gasteiger partial charge >= 0.3 is 21.1 Å². The summed E-state index contributed by atoms with van der Waals surface area (Å²) in [6, 6.07) is 50.7. The van der Waals surface area contributed by atoms with Gasteiger partial charge in [0.2, 0.25) is 0 Å². The second-order valence-corrected chi connectivity index (χ2v) is 17.6. The Labute approximate surface area is 378 Å². The standard InChI is InChI=1S/C56H50N4O.Pt/c1-33(2)40-16-13-17-41(34(3)4)54(40)37-22-25-46-44-26-23-38(61-39-24-27-47-45-15-9-10-20-49(45)59(51(47)31-39)53-21-11-12-28-57-53)30-48(44)56-58-32-52(60(56)50(46)29-37)55-42(35(5)6)18-14-19-43(55)36(7)8;/h9-29,32-36H,1-8H3;/q-2;+2. The van der Waals surface area contributed by atoms with E-state index in [0.29, 0.717) is 35.2 Å². The molecule has 0 saturated heterocycles. The summed E-state index contributed by atoms with van der Waals surface area (Å²) in [4.78, 5) is 9.99. The van der Waals surface area contributed by atoms with Crippen LogP contribution in [0.5, 0.6) is 11.5 Å². The van der Waals surface area contributed by atoms with E-state index in [-0.39, 0.29) is 21.1 Å². The Balaban J connectivity index is 0.00000490. The van der Waals surface area contributed by atoms with E-state index in [9.17, 15) is 0 Å². The number of benzene rings is 6. The summed E-state index contributed by atoms with van der Waals surface area (Å²) in [5.74, 6) is 3.44. The molecule has 0 unspecified atom stereocenters. The Kier molecular flexibility index (Phi) is 10.9. The fourth-order valence-electron chi connectivity index (χ4n) is 9.49. The predicted octanol–water partition coefficient (Wildman–Crippen LogP) is 15.4. The Hall–Kier alpha value is -6.03. The third kappa shape index (κ3) is 6.82. The van der Waals surface area contributed by atoms with Crippen LogP contribution in [0.4, 0.5) is 0 Å². The summed E-state index contributed by atoms with van der Waals surface area (Å²) in [6.45, 7) is 18.3. The van der Waals surface area contributed by atoms with Gasteiger partial charge in [0.05, 0.1) is 11.3 Å². The molecule has 10 aromatic rings. The number of para-hydroxylation sites is 1. The molecule has 0 saturated carbocycles. The van der Waals surface area contributed by atoms with Crippen LogP contribution in [0.15, 0.2) is 134 Å². The number of rotatable bonds is 9. The van der Waals surface area contributed by atoms with Gasteiger partial charge in [-0.05, 0) is 92.1 Å². The third-order valence-electron chi connectivity index (χ3n) is 12.4. The summed E-state index contributed by atoms with van der Waals surface area (Å²) < 4.78 is 11.2. The first-order valence-corrected chi connectivity index (χ1v) is 21.7. The first kappa shape index (κ1) is 41.3. The number of imidazole rings is 1. The number of fused-ring (bicyclic) bond motifs is 9. The molecule has 0 atom stereocenters. The number of hydrogen-bond donors (Lipinski definition) is 0. The molecule has 0 aliphatic carbocycles. The van der Waals surface area contributed by atoms with Crippen molar-refractivity contribution in [3.05, 3.63) is 168 Å². The predicted molar refractivity (Wildman–Crippen MR) is 254 cm³/mol. The molecule has 0 spiro atoms. The summed E-state index contributed by atoms with van der Waals surface area (Å²) >= 11 is 0. The van der Waals surface area contributed by atoms with Crippen molar-refractivity contribution >= 4 is 49.1 Å². The summed E-state index contributed by atoms with van der Waals surface area (Å²) in [6.07, 6.45) is 3.90. The first-order chi connectivity index (χ1) is 29.6. The van der Waals surface area contributed by atoms with E-state index in [1.807, 2.05) is 36.5 Å². The van der Waals surface area contributed by atoms with E-state index in [0.717, 1.165) is 60.6 Å². The molecule has 0 N–H and O–H groups in total. The number of pyridine rings is 2. The number of hydrogen-bond acceptors (Lipinski definition) is 3. The maximum atomic E-state index is 6.70. The van der Waals surface area contributed by atoms with Crippen molar-refractivity contribution in [2.75, 3.05) is 0 Å². The summed E-state index contributed by atoms with van der Waals surface area (Å²) in [5, 5.41) is 5.36. The molecule has 0 aliphatic rings. The zero-order chi connectivity index (χ0) is 42.1. The Morgan fingerprint density at radius 3 is 1.74 bits per heavy atom. The van der Waals surface area contributed by atoms with Crippen molar-refractivity contribution in [3.63, 3.8) is 0 Å². The molecule has 0 fully saturated rings. The van der Waals surface area contributed by atoms with Crippen molar-refractivity contribution in [1.82, 2.24) is 18.9 Å². The van der Waals surface area contributed by atoms with Crippen LogP contribution in [-0.2, 0) is 21.1 Å². The summed E-state index contributed by atoms with van der Waals surface area (Å²) in [7, 11) is 0. The monoisotopic (exact) mass is 989 g/mol. The molecule has 10 rings (SSSR count). The minimum Gasteiger partial charge on any atom is -0.503 e. The fraction of sp³-hybridized carbons (Fsp3) is 0.214. The molecule has 310 valence electrons. The van der Waals surface area contributed by atoms with E-state index in [2.05, 4.69) is 174 Å². The van der Waals surface area contributed by atoms with Crippen molar-refractivity contribution in [2.45, 2.75) is 79.1 Å². The van der Waals surface area contributed by atoms with Crippen molar-refractivity contribution in [1.29, 1.82) is 0 Å². The average Bonchev–Trinajstić information content (AvgIpc) is 3.86. The van der Waals surface area contributed by atoms with E-state index >= 15 is 0 Å². The van der Waals surface area contributed by atoms with Crippen LogP contribution < -0.4 is 4.74 Å². The van der Waals surface area contributed by atoms with Crippen LogP contribution in [0.25, 0.3) is 77.3 Å². The molecule has 0 aliphatic heterocycles. The Morgan fingerprint density at radius 1 is 0.516 bits per heavy atom. The molecule has 6 aromatic carbocycles. The number of aromatic nitrogens is 4. The first-order valence-electron chi connectivity index (χ1n) is 21.7.